The highest BCUT2D eigenvalue weighted by Crippen LogP contribution is 2.43. The Morgan fingerprint density at radius 2 is 0.312 bits per heavy atom. The van der Waals surface area contributed by atoms with Crippen LogP contribution in [0.4, 0.5) is 0 Å². The van der Waals surface area contributed by atoms with Gasteiger partial charge in [0.05, 0.1) is 0 Å². The third-order valence-electron chi connectivity index (χ3n) is 12.1. The Bertz CT molecular complexity index is 1660. The first-order valence-corrected chi connectivity index (χ1v) is 18.3. The van der Waals surface area contributed by atoms with E-state index in [9.17, 15) is 0 Å². The van der Waals surface area contributed by atoms with Crippen molar-refractivity contribution in [3.63, 3.8) is 0 Å². The quantitative estimate of drug-likeness (QED) is 0.158. The highest BCUT2D eigenvalue weighted by Gasteiger charge is 2.25. The third kappa shape index (κ3) is 5.83. The summed E-state index contributed by atoms with van der Waals surface area (Å²) < 4.78 is 0. The lowest BCUT2D eigenvalue weighted by atomic mass is 9.76. The largest absolute Gasteiger partial charge is 0.0581 e. The first kappa shape index (κ1) is 29.5. The van der Waals surface area contributed by atoms with Gasteiger partial charge in [0.25, 0.3) is 0 Å². The van der Waals surface area contributed by atoms with Crippen LogP contribution in [0.15, 0.2) is 146 Å². The van der Waals surface area contributed by atoms with Crippen LogP contribution in [-0.2, 0) is 0 Å². The second-order valence-electron chi connectivity index (χ2n) is 14.7. The summed E-state index contributed by atoms with van der Waals surface area (Å²) in [7, 11) is 0. The normalized spacial score (nSPS) is 21.5. The van der Waals surface area contributed by atoms with Crippen molar-refractivity contribution in [2.45, 2.75) is 75.0 Å². The van der Waals surface area contributed by atoms with E-state index in [1.54, 1.807) is 0 Å². The maximum Gasteiger partial charge on any atom is -0.0162 e. The zero-order valence-electron chi connectivity index (χ0n) is 27.8. The van der Waals surface area contributed by atoms with Crippen molar-refractivity contribution in [2.75, 3.05) is 0 Å². The van der Waals surface area contributed by atoms with E-state index in [2.05, 4.69) is 146 Å². The van der Waals surface area contributed by atoms with Gasteiger partial charge in [0.2, 0.25) is 0 Å². The molecule has 0 spiro atoms. The van der Waals surface area contributed by atoms with Crippen molar-refractivity contribution in [2.24, 2.45) is 0 Å². The topological polar surface area (TPSA) is 0 Å². The average Bonchev–Trinajstić information content (AvgIpc) is 3.18. The first-order chi connectivity index (χ1) is 23.7. The van der Waals surface area contributed by atoms with Gasteiger partial charge in [0.1, 0.15) is 0 Å². The van der Waals surface area contributed by atoms with Gasteiger partial charge in [-0.05, 0) is 142 Å². The molecule has 0 heteroatoms. The number of hydrogen-bond donors (Lipinski definition) is 0. The molecule has 0 aromatic heterocycles. The van der Waals surface area contributed by atoms with E-state index in [-0.39, 0.29) is 0 Å². The molecule has 236 valence electrons. The summed E-state index contributed by atoms with van der Waals surface area (Å²) in [4.78, 5) is 0. The fourth-order valence-corrected chi connectivity index (χ4v) is 9.02. The molecule has 0 amide bonds. The van der Waals surface area contributed by atoms with Gasteiger partial charge in [-0.25, -0.2) is 0 Å². The maximum atomic E-state index is 2.39. The number of rotatable bonds is 0. The zero-order valence-corrected chi connectivity index (χ0v) is 27.8. The minimum absolute atomic E-state index is 0.665. The maximum absolute atomic E-state index is 2.39. The Balaban J connectivity index is 1.000. The van der Waals surface area contributed by atoms with Gasteiger partial charge in [0.15, 0.2) is 0 Å². The van der Waals surface area contributed by atoms with Gasteiger partial charge in [-0.3, -0.25) is 0 Å². The summed E-state index contributed by atoms with van der Waals surface area (Å²) in [6, 6.07) is 56.1. The zero-order chi connectivity index (χ0) is 31.9. The van der Waals surface area contributed by atoms with Crippen LogP contribution in [0.3, 0.4) is 0 Å². The molecule has 0 atom stereocenters. The average molecular weight is 621 g/mol. The van der Waals surface area contributed by atoms with Crippen LogP contribution in [0.2, 0.25) is 0 Å². The standard InChI is InChI=1S/C48H44/c1-2-34-4-3-33(1)35-5-7-37(8-6-35)39-13-15-41(16-14-39)43-21-23-45(24-22-43)47-29-31-48(32-30-47)46-27-25-44(26-28-46)42-19-17-40(18-20-42)38-11-9-36(34)10-12-38/h1-12,21-32,39-42H,13-20H2. The summed E-state index contributed by atoms with van der Waals surface area (Å²) in [5.74, 6) is 2.66. The highest BCUT2D eigenvalue weighted by molar-refractivity contribution is 5.72. The monoisotopic (exact) mass is 620 g/mol. The van der Waals surface area contributed by atoms with Crippen LogP contribution >= 0.6 is 0 Å². The molecule has 0 heterocycles. The number of hydrogen-bond acceptors (Lipinski definition) is 0. The summed E-state index contributed by atoms with van der Waals surface area (Å²) in [5, 5.41) is 0. The van der Waals surface area contributed by atoms with Gasteiger partial charge in [-0.15, -0.1) is 0 Å². The Morgan fingerprint density at radius 3 is 0.458 bits per heavy atom. The van der Waals surface area contributed by atoms with Gasteiger partial charge < -0.3 is 0 Å². The van der Waals surface area contributed by atoms with Crippen molar-refractivity contribution in [3.05, 3.63) is 168 Å². The molecule has 0 saturated heterocycles. The molecule has 24 aliphatic carbocycles. The van der Waals surface area contributed by atoms with E-state index >= 15 is 0 Å². The molecule has 48 heavy (non-hydrogen) atoms. The molecular formula is C48H44. The van der Waals surface area contributed by atoms with E-state index in [0.717, 1.165) is 0 Å². The van der Waals surface area contributed by atoms with Crippen molar-refractivity contribution >= 4 is 0 Å². The summed E-state index contributed by atoms with van der Waals surface area (Å²) >= 11 is 0. The Hall–Kier alpha value is -4.68. The Kier molecular flexibility index (Phi) is 7.82. The van der Waals surface area contributed by atoms with Crippen LogP contribution < -0.4 is 0 Å². The highest BCUT2D eigenvalue weighted by atomic mass is 14.3. The van der Waals surface area contributed by atoms with E-state index in [1.165, 1.54) is 118 Å². The second-order valence-corrected chi connectivity index (χ2v) is 14.7. The molecule has 30 rings (SSSR count). The van der Waals surface area contributed by atoms with Crippen molar-refractivity contribution < 1.29 is 0 Å². The van der Waals surface area contributed by atoms with Crippen molar-refractivity contribution in [1.29, 1.82) is 0 Å². The van der Waals surface area contributed by atoms with E-state index < -0.39 is 0 Å². The van der Waals surface area contributed by atoms with E-state index in [0.29, 0.717) is 23.7 Å². The van der Waals surface area contributed by atoms with Crippen LogP contribution in [-0.4, -0.2) is 0 Å². The van der Waals surface area contributed by atoms with Crippen LogP contribution in [0.5, 0.6) is 0 Å². The van der Waals surface area contributed by atoms with E-state index in [4.69, 9.17) is 0 Å². The van der Waals surface area contributed by atoms with Gasteiger partial charge in [-0.2, -0.15) is 0 Å². The lowest BCUT2D eigenvalue weighted by Gasteiger charge is -2.29. The molecule has 16 bridgehead atoms. The summed E-state index contributed by atoms with van der Waals surface area (Å²) in [6.07, 6.45) is 10.1. The van der Waals surface area contributed by atoms with Gasteiger partial charge in [-0.1, -0.05) is 146 Å². The summed E-state index contributed by atoms with van der Waals surface area (Å²) in [6.45, 7) is 0. The number of benzene rings is 6. The van der Waals surface area contributed by atoms with Crippen LogP contribution in [0, 0.1) is 0 Å². The lowest BCUT2D eigenvalue weighted by molar-refractivity contribution is 0.396. The van der Waals surface area contributed by atoms with Crippen molar-refractivity contribution in [1.82, 2.24) is 0 Å². The molecule has 2 saturated carbocycles. The minimum atomic E-state index is 0.665. The Labute approximate surface area is 286 Å². The molecule has 0 nitrogen and oxygen atoms in total. The third-order valence-corrected chi connectivity index (χ3v) is 12.1. The lowest BCUT2D eigenvalue weighted by Crippen LogP contribution is -2.12. The van der Waals surface area contributed by atoms with Crippen molar-refractivity contribution in [3.8, 4) is 44.5 Å². The van der Waals surface area contributed by atoms with Gasteiger partial charge in [0, 0.05) is 0 Å². The molecular weight excluding hydrogens is 577 g/mol. The molecule has 0 radical (unpaired) electrons. The molecule has 0 aliphatic heterocycles. The van der Waals surface area contributed by atoms with Crippen LogP contribution in [0.1, 0.15) is 97.3 Å². The predicted molar refractivity (Wildman–Crippen MR) is 203 cm³/mol. The first-order valence-electron chi connectivity index (χ1n) is 18.3. The summed E-state index contributed by atoms with van der Waals surface area (Å²) in [5.41, 5.74) is 16.4. The smallest absolute Gasteiger partial charge is 0.0162 e. The molecule has 2 fully saturated rings. The van der Waals surface area contributed by atoms with Crippen LogP contribution in [0.25, 0.3) is 44.5 Å². The molecule has 6 aromatic carbocycles. The fraction of sp³-hybridized carbons (Fsp3) is 0.250. The van der Waals surface area contributed by atoms with Gasteiger partial charge >= 0.3 is 0 Å². The molecule has 6 aromatic rings. The fourth-order valence-electron chi connectivity index (χ4n) is 9.02. The molecule has 24 aliphatic rings. The molecule has 0 unspecified atom stereocenters. The SMILES string of the molecule is c1cc2ccc1-c1ccc(cc1)C1CCC(CC1)c1ccc(cc1)-c1ccc(cc1)-c1ccc(cc1)C1CCC(CC1)c1ccc-2cc1. The second kappa shape index (κ2) is 12.7. The molecule has 0 N–H and O–H groups in total. The Morgan fingerprint density at radius 1 is 0.188 bits per heavy atom. The van der Waals surface area contributed by atoms with E-state index in [1.807, 2.05) is 0 Å². The minimum Gasteiger partial charge on any atom is -0.0581 e. The predicted octanol–water partition coefficient (Wildman–Crippen LogP) is 13.6.